The van der Waals surface area contributed by atoms with Gasteiger partial charge in [0.05, 0.1) is 11.5 Å². The van der Waals surface area contributed by atoms with E-state index in [1.54, 1.807) is 48.5 Å². The van der Waals surface area contributed by atoms with Crippen LogP contribution in [-0.4, -0.2) is 17.4 Å². The Bertz CT molecular complexity index is 1160. The van der Waals surface area contributed by atoms with Crippen LogP contribution in [0, 0.1) is 21.4 Å². The van der Waals surface area contributed by atoms with Crippen molar-refractivity contribution in [2.45, 2.75) is 6.92 Å². The number of furan rings is 1. The zero-order valence-corrected chi connectivity index (χ0v) is 16.0. The SMILES string of the molecule is CCOc1cccc(NC(=O)/C(C#N)=C/c2ccc(-c3cccc([N+](=O)[O-])c3)o2)c1. The fraction of sp³-hybridized carbons (Fsp3) is 0.0909. The van der Waals surface area contributed by atoms with E-state index in [9.17, 15) is 20.2 Å². The van der Waals surface area contributed by atoms with E-state index >= 15 is 0 Å². The van der Waals surface area contributed by atoms with E-state index in [2.05, 4.69) is 5.32 Å². The molecule has 0 radical (unpaired) electrons. The molecule has 8 heteroatoms. The molecule has 0 unspecified atom stereocenters. The molecule has 0 atom stereocenters. The highest BCUT2D eigenvalue weighted by Crippen LogP contribution is 2.26. The molecule has 0 saturated heterocycles. The zero-order chi connectivity index (χ0) is 21.5. The second-order valence-corrected chi connectivity index (χ2v) is 6.09. The lowest BCUT2D eigenvalue weighted by molar-refractivity contribution is -0.384. The van der Waals surface area contributed by atoms with Crippen molar-refractivity contribution in [2.75, 3.05) is 11.9 Å². The summed E-state index contributed by atoms with van der Waals surface area (Å²) in [6.45, 7) is 2.35. The van der Waals surface area contributed by atoms with Crippen LogP contribution in [0.3, 0.4) is 0 Å². The van der Waals surface area contributed by atoms with Crippen LogP contribution >= 0.6 is 0 Å². The third kappa shape index (κ3) is 4.91. The maximum absolute atomic E-state index is 12.5. The van der Waals surface area contributed by atoms with E-state index in [4.69, 9.17) is 9.15 Å². The number of hydrogen-bond acceptors (Lipinski definition) is 6. The molecule has 8 nitrogen and oxygen atoms in total. The smallest absolute Gasteiger partial charge is 0.270 e. The molecule has 150 valence electrons. The molecule has 0 aliphatic rings. The Balaban J connectivity index is 1.79. The van der Waals surface area contributed by atoms with Crippen LogP contribution in [0.15, 0.2) is 70.7 Å². The fourth-order valence-corrected chi connectivity index (χ4v) is 2.68. The number of ether oxygens (including phenoxy) is 1. The summed E-state index contributed by atoms with van der Waals surface area (Å²) in [5.74, 6) is 0.656. The minimum atomic E-state index is -0.598. The van der Waals surface area contributed by atoms with Crippen LogP contribution in [0.1, 0.15) is 12.7 Å². The number of benzene rings is 2. The molecular weight excluding hydrogens is 386 g/mol. The third-order valence-electron chi connectivity index (χ3n) is 4.02. The molecule has 2 aromatic carbocycles. The number of nitriles is 1. The second-order valence-electron chi connectivity index (χ2n) is 6.09. The summed E-state index contributed by atoms with van der Waals surface area (Å²) >= 11 is 0. The maximum atomic E-state index is 12.5. The summed E-state index contributed by atoms with van der Waals surface area (Å²) < 4.78 is 11.0. The van der Waals surface area contributed by atoms with Crippen LogP contribution in [-0.2, 0) is 4.79 Å². The number of carbonyl (C=O) groups excluding carboxylic acids is 1. The van der Waals surface area contributed by atoms with Gasteiger partial charge in [0.15, 0.2) is 0 Å². The minimum Gasteiger partial charge on any atom is -0.494 e. The number of nitro benzene ring substituents is 1. The van der Waals surface area contributed by atoms with Crippen molar-refractivity contribution in [3.05, 3.63) is 82.1 Å². The molecule has 0 saturated carbocycles. The van der Waals surface area contributed by atoms with Gasteiger partial charge in [0.2, 0.25) is 0 Å². The summed E-state index contributed by atoms with van der Waals surface area (Å²) in [4.78, 5) is 22.9. The lowest BCUT2D eigenvalue weighted by Crippen LogP contribution is -2.13. The van der Waals surface area contributed by atoms with Gasteiger partial charge in [-0.2, -0.15) is 5.26 Å². The molecule has 0 fully saturated rings. The predicted molar refractivity (Wildman–Crippen MR) is 111 cm³/mol. The maximum Gasteiger partial charge on any atom is 0.270 e. The lowest BCUT2D eigenvalue weighted by Gasteiger charge is -2.07. The standard InChI is InChI=1S/C22H17N3O5/c1-2-29-19-8-4-6-17(13-19)24-22(26)16(14-23)12-20-9-10-21(30-20)15-5-3-7-18(11-15)25(27)28/h3-13H,2H2,1H3,(H,24,26)/b16-12+. The van der Waals surface area contributed by atoms with Gasteiger partial charge in [0, 0.05) is 35.5 Å². The second kappa shape index (κ2) is 9.21. The van der Waals surface area contributed by atoms with E-state index in [1.807, 2.05) is 13.0 Å². The van der Waals surface area contributed by atoms with Crippen molar-refractivity contribution >= 4 is 23.4 Å². The van der Waals surface area contributed by atoms with Crippen LogP contribution in [0.2, 0.25) is 0 Å². The highest BCUT2D eigenvalue weighted by molar-refractivity contribution is 6.09. The van der Waals surface area contributed by atoms with E-state index in [-0.39, 0.29) is 17.0 Å². The normalized spacial score (nSPS) is 10.9. The van der Waals surface area contributed by atoms with Gasteiger partial charge >= 0.3 is 0 Å². The topological polar surface area (TPSA) is 118 Å². The van der Waals surface area contributed by atoms with Gasteiger partial charge in [-0.25, -0.2) is 0 Å². The Morgan fingerprint density at radius 3 is 2.77 bits per heavy atom. The van der Waals surface area contributed by atoms with Gasteiger partial charge in [-0.15, -0.1) is 0 Å². The molecule has 0 bridgehead atoms. The number of nitrogens with one attached hydrogen (secondary N) is 1. The average Bonchev–Trinajstić information content (AvgIpc) is 3.21. The lowest BCUT2D eigenvalue weighted by atomic mass is 10.1. The molecule has 0 aliphatic carbocycles. The van der Waals surface area contributed by atoms with Gasteiger partial charge in [0.25, 0.3) is 11.6 Å². The monoisotopic (exact) mass is 403 g/mol. The molecule has 1 aromatic heterocycles. The first-order valence-electron chi connectivity index (χ1n) is 9.01. The van der Waals surface area contributed by atoms with E-state index in [1.165, 1.54) is 18.2 Å². The number of nitro groups is 1. The number of non-ortho nitro benzene ring substituents is 1. The van der Waals surface area contributed by atoms with E-state index < -0.39 is 10.8 Å². The first-order valence-corrected chi connectivity index (χ1v) is 9.01. The first-order chi connectivity index (χ1) is 14.5. The highest BCUT2D eigenvalue weighted by Gasteiger charge is 2.13. The van der Waals surface area contributed by atoms with Crippen LogP contribution in [0.4, 0.5) is 11.4 Å². The first kappa shape index (κ1) is 20.4. The number of nitrogens with zero attached hydrogens (tertiary/aromatic N) is 2. The minimum absolute atomic E-state index is 0.0626. The van der Waals surface area contributed by atoms with Crippen molar-refractivity contribution in [3.63, 3.8) is 0 Å². The van der Waals surface area contributed by atoms with Gasteiger partial charge in [-0.3, -0.25) is 14.9 Å². The number of carbonyl (C=O) groups is 1. The van der Waals surface area contributed by atoms with Gasteiger partial charge < -0.3 is 14.5 Å². The summed E-state index contributed by atoms with van der Waals surface area (Å²) in [7, 11) is 0. The van der Waals surface area contributed by atoms with Crippen molar-refractivity contribution in [1.29, 1.82) is 5.26 Å². The zero-order valence-electron chi connectivity index (χ0n) is 16.0. The Morgan fingerprint density at radius 1 is 1.23 bits per heavy atom. The molecule has 0 spiro atoms. The van der Waals surface area contributed by atoms with Gasteiger partial charge in [-0.1, -0.05) is 18.2 Å². The predicted octanol–water partition coefficient (Wildman–Crippen LogP) is 4.80. The number of amides is 1. The third-order valence-corrected chi connectivity index (χ3v) is 4.02. The average molecular weight is 403 g/mol. The Morgan fingerprint density at radius 2 is 2.03 bits per heavy atom. The van der Waals surface area contributed by atoms with Crippen LogP contribution < -0.4 is 10.1 Å². The number of rotatable bonds is 7. The molecule has 0 aliphatic heterocycles. The summed E-state index contributed by atoms with van der Waals surface area (Å²) in [6, 6.07) is 17.9. The largest absolute Gasteiger partial charge is 0.494 e. The van der Waals surface area contributed by atoms with E-state index in [0.29, 0.717) is 29.4 Å². The fourth-order valence-electron chi connectivity index (χ4n) is 2.68. The van der Waals surface area contributed by atoms with Crippen molar-refractivity contribution in [1.82, 2.24) is 0 Å². The molecule has 1 amide bonds. The Kier molecular flexibility index (Phi) is 6.25. The quantitative estimate of drug-likeness (QED) is 0.262. The van der Waals surface area contributed by atoms with E-state index in [0.717, 1.165) is 0 Å². The van der Waals surface area contributed by atoms with Crippen molar-refractivity contribution in [2.24, 2.45) is 0 Å². The molecule has 3 rings (SSSR count). The summed E-state index contributed by atoms with van der Waals surface area (Å²) in [5, 5.41) is 23.0. The Labute approximate surface area is 172 Å². The van der Waals surface area contributed by atoms with Crippen molar-refractivity contribution < 1.29 is 18.9 Å². The summed E-state index contributed by atoms with van der Waals surface area (Å²) in [6.07, 6.45) is 1.31. The van der Waals surface area contributed by atoms with Crippen molar-refractivity contribution in [3.8, 4) is 23.1 Å². The number of anilines is 1. The molecular formula is C22H17N3O5. The van der Waals surface area contributed by atoms with Gasteiger partial charge in [-0.05, 0) is 31.2 Å². The molecule has 1 heterocycles. The highest BCUT2D eigenvalue weighted by atomic mass is 16.6. The summed E-state index contributed by atoms with van der Waals surface area (Å²) in [5.41, 5.74) is 0.785. The number of hydrogen-bond donors (Lipinski definition) is 1. The van der Waals surface area contributed by atoms with Crippen LogP contribution in [0.5, 0.6) is 5.75 Å². The molecule has 1 N–H and O–H groups in total. The molecule has 30 heavy (non-hydrogen) atoms. The Hall–Kier alpha value is -4.38. The van der Waals surface area contributed by atoms with Gasteiger partial charge in [0.1, 0.15) is 28.9 Å². The molecule has 3 aromatic rings. The van der Waals surface area contributed by atoms with Crippen LogP contribution in [0.25, 0.3) is 17.4 Å².